The number of nitrogens with one attached hydrogen (secondary N) is 3. The van der Waals surface area contributed by atoms with Crippen molar-refractivity contribution in [1.82, 2.24) is 15.3 Å². The number of aryl methyl sites for hydroxylation is 1. The van der Waals surface area contributed by atoms with Gasteiger partial charge in [-0.15, -0.1) is 0 Å². The van der Waals surface area contributed by atoms with Crippen LogP contribution in [-0.4, -0.2) is 43.2 Å². The Morgan fingerprint density at radius 3 is 2.54 bits per heavy atom. The van der Waals surface area contributed by atoms with Gasteiger partial charge in [0, 0.05) is 44.6 Å². The number of carbonyl (C=O) groups is 1. The molecule has 7 nitrogen and oxygen atoms in total. The van der Waals surface area contributed by atoms with Crippen molar-refractivity contribution in [3.05, 3.63) is 41.8 Å². The van der Waals surface area contributed by atoms with Gasteiger partial charge in [-0.2, -0.15) is 4.98 Å². The second-order valence-corrected chi connectivity index (χ2v) is 5.40. The molecule has 8 heteroatoms. The molecule has 2 amide bonds. The minimum absolute atomic E-state index is 0.347. The van der Waals surface area contributed by atoms with Gasteiger partial charge >= 0.3 is 6.03 Å². The average molecular weight is 332 g/mol. The highest BCUT2D eigenvalue weighted by Crippen LogP contribution is 2.11. The zero-order valence-electron chi connectivity index (χ0n) is 13.9. The zero-order chi connectivity index (χ0) is 17.5. The third-order valence-corrected chi connectivity index (χ3v) is 3.09. The molecule has 0 saturated carbocycles. The van der Waals surface area contributed by atoms with Gasteiger partial charge in [-0.05, 0) is 31.2 Å². The van der Waals surface area contributed by atoms with Crippen LogP contribution in [0.15, 0.2) is 30.3 Å². The molecule has 128 valence electrons. The Bertz CT molecular complexity index is 689. The molecule has 1 heterocycles. The number of hydrogen-bond acceptors (Lipinski definition) is 5. The molecule has 0 fully saturated rings. The number of amides is 2. The van der Waals surface area contributed by atoms with Gasteiger partial charge in [0.25, 0.3) is 0 Å². The van der Waals surface area contributed by atoms with E-state index in [9.17, 15) is 9.18 Å². The van der Waals surface area contributed by atoms with Crippen LogP contribution < -0.4 is 20.9 Å². The van der Waals surface area contributed by atoms with E-state index in [-0.39, 0.29) is 11.8 Å². The van der Waals surface area contributed by atoms with E-state index in [0.29, 0.717) is 24.7 Å². The minimum atomic E-state index is -0.359. The normalized spacial score (nSPS) is 10.2. The van der Waals surface area contributed by atoms with Gasteiger partial charge in [0.05, 0.1) is 0 Å². The van der Waals surface area contributed by atoms with E-state index in [1.54, 1.807) is 0 Å². The predicted octanol–water partition coefficient (Wildman–Crippen LogP) is 2.22. The fourth-order valence-electron chi connectivity index (χ4n) is 1.92. The highest BCUT2D eigenvalue weighted by atomic mass is 19.1. The first-order valence-electron chi connectivity index (χ1n) is 7.51. The fraction of sp³-hybridized carbons (Fsp3) is 0.312. The quantitative estimate of drug-likeness (QED) is 0.707. The monoisotopic (exact) mass is 332 g/mol. The SMILES string of the molecule is Cc1cc(N(C)C)nc(NCCNC(=O)Nc2ccc(F)cc2)n1. The van der Waals surface area contributed by atoms with E-state index in [0.717, 1.165) is 11.5 Å². The van der Waals surface area contributed by atoms with Crippen LogP contribution in [0.5, 0.6) is 0 Å². The summed E-state index contributed by atoms with van der Waals surface area (Å²) in [6.45, 7) is 2.77. The smallest absolute Gasteiger partial charge is 0.319 e. The van der Waals surface area contributed by atoms with Crippen molar-refractivity contribution in [2.24, 2.45) is 0 Å². The number of carbonyl (C=O) groups excluding carboxylic acids is 1. The molecule has 0 bridgehead atoms. The first-order valence-corrected chi connectivity index (χ1v) is 7.51. The Morgan fingerprint density at radius 1 is 1.17 bits per heavy atom. The second-order valence-electron chi connectivity index (χ2n) is 5.40. The molecule has 0 radical (unpaired) electrons. The van der Waals surface area contributed by atoms with Crippen LogP contribution >= 0.6 is 0 Å². The first-order chi connectivity index (χ1) is 11.4. The van der Waals surface area contributed by atoms with Gasteiger partial charge in [-0.1, -0.05) is 0 Å². The summed E-state index contributed by atoms with van der Waals surface area (Å²) in [5.74, 6) is 0.979. The molecule has 0 atom stereocenters. The standard InChI is InChI=1S/C16H21FN6O/c1-11-10-14(23(2)3)22-15(20-11)18-8-9-19-16(24)21-13-6-4-12(17)5-7-13/h4-7,10H,8-9H2,1-3H3,(H,18,20,22)(H2,19,21,24). The van der Waals surface area contributed by atoms with E-state index < -0.39 is 0 Å². The van der Waals surface area contributed by atoms with Gasteiger partial charge in [0.2, 0.25) is 5.95 Å². The van der Waals surface area contributed by atoms with Crippen LogP contribution in [0.1, 0.15) is 5.69 Å². The molecule has 0 unspecified atom stereocenters. The number of anilines is 3. The third-order valence-electron chi connectivity index (χ3n) is 3.09. The molecular formula is C16H21FN6O. The van der Waals surface area contributed by atoms with Crippen molar-refractivity contribution < 1.29 is 9.18 Å². The van der Waals surface area contributed by atoms with Gasteiger partial charge in [-0.3, -0.25) is 0 Å². The summed E-state index contributed by atoms with van der Waals surface area (Å²) in [7, 11) is 3.82. The molecule has 2 aromatic rings. The maximum atomic E-state index is 12.8. The lowest BCUT2D eigenvalue weighted by Crippen LogP contribution is -2.32. The highest BCUT2D eigenvalue weighted by Gasteiger charge is 2.04. The first kappa shape index (κ1) is 17.5. The number of nitrogens with zero attached hydrogens (tertiary/aromatic N) is 3. The van der Waals surface area contributed by atoms with E-state index >= 15 is 0 Å². The lowest BCUT2D eigenvalue weighted by Gasteiger charge is -2.14. The minimum Gasteiger partial charge on any atom is -0.363 e. The summed E-state index contributed by atoms with van der Waals surface area (Å²) < 4.78 is 12.8. The summed E-state index contributed by atoms with van der Waals surface area (Å²) in [6, 6.07) is 7.10. The molecule has 1 aromatic heterocycles. The van der Waals surface area contributed by atoms with Crippen LogP contribution in [0.3, 0.4) is 0 Å². The summed E-state index contributed by atoms with van der Waals surface area (Å²) >= 11 is 0. The molecule has 0 aliphatic heterocycles. The zero-order valence-corrected chi connectivity index (χ0v) is 13.9. The topological polar surface area (TPSA) is 82.2 Å². The molecule has 0 aliphatic carbocycles. The van der Waals surface area contributed by atoms with Gasteiger partial charge in [-0.25, -0.2) is 14.2 Å². The van der Waals surface area contributed by atoms with Crippen LogP contribution in [0.25, 0.3) is 0 Å². The van der Waals surface area contributed by atoms with Crippen molar-refractivity contribution in [2.75, 3.05) is 42.7 Å². The summed E-state index contributed by atoms with van der Waals surface area (Å²) in [5, 5.41) is 8.38. The Kier molecular flexibility index (Phi) is 5.89. The van der Waals surface area contributed by atoms with Gasteiger partial charge in [0.15, 0.2) is 0 Å². The summed E-state index contributed by atoms with van der Waals surface area (Å²) in [6.07, 6.45) is 0. The fourth-order valence-corrected chi connectivity index (χ4v) is 1.92. The summed E-state index contributed by atoms with van der Waals surface area (Å²) in [5.41, 5.74) is 1.39. The van der Waals surface area contributed by atoms with Crippen molar-refractivity contribution >= 4 is 23.5 Å². The molecule has 0 spiro atoms. The van der Waals surface area contributed by atoms with E-state index in [1.165, 1.54) is 24.3 Å². The van der Waals surface area contributed by atoms with Crippen LogP contribution in [0, 0.1) is 12.7 Å². The molecule has 1 aromatic carbocycles. The molecule has 24 heavy (non-hydrogen) atoms. The maximum absolute atomic E-state index is 12.8. The second kappa shape index (κ2) is 8.09. The Balaban J connectivity index is 1.76. The van der Waals surface area contributed by atoms with Crippen molar-refractivity contribution in [2.45, 2.75) is 6.92 Å². The third kappa shape index (κ3) is 5.38. The van der Waals surface area contributed by atoms with Crippen molar-refractivity contribution in [1.29, 1.82) is 0 Å². The number of urea groups is 1. The van der Waals surface area contributed by atoms with Crippen LogP contribution in [-0.2, 0) is 0 Å². The van der Waals surface area contributed by atoms with Crippen molar-refractivity contribution in [3.8, 4) is 0 Å². The van der Waals surface area contributed by atoms with Gasteiger partial charge < -0.3 is 20.9 Å². The number of hydrogen-bond donors (Lipinski definition) is 3. The summed E-state index contributed by atoms with van der Waals surface area (Å²) in [4.78, 5) is 22.3. The Hall–Kier alpha value is -2.90. The molecular weight excluding hydrogens is 311 g/mol. The lowest BCUT2D eigenvalue weighted by molar-refractivity contribution is 0.252. The van der Waals surface area contributed by atoms with Crippen LogP contribution in [0.2, 0.25) is 0 Å². The van der Waals surface area contributed by atoms with E-state index in [1.807, 2.05) is 32.0 Å². The Morgan fingerprint density at radius 2 is 1.88 bits per heavy atom. The highest BCUT2D eigenvalue weighted by molar-refractivity contribution is 5.89. The van der Waals surface area contributed by atoms with Gasteiger partial charge in [0.1, 0.15) is 11.6 Å². The average Bonchev–Trinajstić information content (AvgIpc) is 2.53. The Labute approximate surface area is 140 Å². The maximum Gasteiger partial charge on any atom is 0.319 e. The number of rotatable bonds is 6. The largest absolute Gasteiger partial charge is 0.363 e. The van der Waals surface area contributed by atoms with E-state index in [4.69, 9.17) is 0 Å². The number of halogens is 1. The predicted molar refractivity (Wildman–Crippen MR) is 93.0 cm³/mol. The van der Waals surface area contributed by atoms with E-state index in [2.05, 4.69) is 25.9 Å². The van der Waals surface area contributed by atoms with Crippen LogP contribution in [0.4, 0.5) is 26.6 Å². The number of benzene rings is 1. The molecule has 3 N–H and O–H groups in total. The molecule has 2 rings (SSSR count). The molecule has 0 aliphatic rings. The van der Waals surface area contributed by atoms with Crippen molar-refractivity contribution in [3.63, 3.8) is 0 Å². The lowest BCUT2D eigenvalue weighted by atomic mass is 10.3. The molecule has 0 saturated heterocycles. The number of aromatic nitrogens is 2.